The maximum Gasteiger partial charge on any atom is 3.00 e. The molecule has 0 aliphatic heterocycles. The number of pyridine rings is 3. The Morgan fingerprint density at radius 3 is 0.754 bits per heavy atom. The van der Waals surface area contributed by atoms with Gasteiger partial charge in [-0.1, -0.05) is 278 Å². The average Bonchev–Trinajstić information content (AvgIpc) is 1.56. The molecule has 25 rings (SSSR count). The van der Waals surface area contributed by atoms with Crippen LogP contribution in [0, 0.1) is 39.0 Å². The van der Waals surface area contributed by atoms with Gasteiger partial charge >= 0.3 is 20.1 Å². The summed E-state index contributed by atoms with van der Waals surface area (Å²) in [5.41, 5.74) is 47.8. The van der Waals surface area contributed by atoms with E-state index in [0.29, 0.717) is 0 Å². The molecule has 618 valence electrons. The monoisotopic (exact) mass is 1840 g/mol. The standard InChI is InChI=1S/C123H87N6.Ir/c1-73-118(94-46-13-10-37-85(94)79-55-58-109(124-70-79)76-31-28-34-82(61-76)127-112-52-25-19-43-91(112)100-64-97-88-40-16-22-49-103(88)121(4,5)106(97)67-115(100)127)74(2)120(96-48-15-12-39-87(96)81-57-60-111(126-72-81)78-33-30-36-84(63-78)129-114-54-27-21-45-93(114)102-66-99-90-42-18-24-51-105(90)123(8,9)108(99)69-117(102)129)75(3)119(73)95-47-14-11-38-86(95)80-56-59-110(125-71-80)77-32-29-35-83(62-77)128-113-53-26-20-44-92(113)101-65-98-89-41-17-23-50-104(89)122(6,7)107(98)68-116(101)128;/h10-30,34-72H,1-9H3;/q-3;+3. The van der Waals surface area contributed by atoms with E-state index in [-0.39, 0.29) is 36.4 Å². The zero-order valence-corrected chi connectivity index (χ0v) is 76.1. The van der Waals surface area contributed by atoms with E-state index in [9.17, 15) is 0 Å². The summed E-state index contributed by atoms with van der Waals surface area (Å²) in [4.78, 5) is 16.2. The van der Waals surface area contributed by atoms with Gasteiger partial charge < -0.3 is 28.7 Å². The van der Waals surface area contributed by atoms with Crippen LogP contribution in [0.3, 0.4) is 0 Å². The Morgan fingerprint density at radius 2 is 0.477 bits per heavy atom. The van der Waals surface area contributed by atoms with Crippen molar-refractivity contribution in [3.8, 4) is 151 Å². The number of hydrogen-bond acceptors (Lipinski definition) is 3. The molecule has 0 saturated heterocycles. The maximum atomic E-state index is 5.38. The molecule has 0 radical (unpaired) electrons. The van der Waals surface area contributed by atoms with Gasteiger partial charge in [0.2, 0.25) is 0 Å². The topological polar surface area (TPSA) is 53.5 Å². The fourth-order valence-corrected chi connectivity index (χ4v) is 23.0. The van der Waals surface area contributed by atoms with E-state index in [1.807, 2.05) is 0 Å². The molecule has 22 aromatic rings. The Balaban J connectivity index is 0.00000936. The van der Waals surface area contributed by atoms with Gasteiger partial charge in [-0.3, -0.25) is 0 Å². The van der Waals surface area contributed by atoms with Crippen LogP contribution in [-0.4, -0.2) is 28.7 Å². The number of para-hydroxylation sites is 3. The Morgan fingerprint density at radius 1 is 0.223 bits per heavy atom. The molecule has 0 N–H and O–H groups in total. The van der Waals surface area contributed by atoms with Gasteiger partial charge in [-0.2, -0.15) is 0 Å². The number of nitrogens with zero attached hydrogens (tertiary/aromatic N) is 6. The molecule has 6 aromatic heterocycles. The molecule has 16 aromatic carbocycles. The number of fused-ring (bicyclic) bond motifs is 18. The molecule has 6 nitrogen and oxygen atoms in total. The van der Waals surface area contributed by atoms with Crippen LogP contribution in [0.5, 0.6) is 0 Å². The predicted octanol–water partition coefficient (Wildman–Crippen LogP) is 31.4. The third-order valence-corrected chi connectivity index (χ3v) is 29.1. The Hall–Kier alpha value is -15.0. The molecule has 0 unspecified atom stereocenters. The van der Waals surface area contributed by atoms with Crippen molar-refractivity contribution in [2.45, 2.75) is 78.6 Å². The van der Waals surface area contributed by atoms with Crippen LogP contribution >= 0.6 is 0 Å². The van der Waals surface area contributed by atoms with E-state index in [1.165, 1.54) is 132 Å². The van der Waals surface area contributed by atoms with Crippen molar-refractivity contribution in [2.75, 3.05) is 0 Å². The SMILES string of the molecule is Cc1c(-c2ccccc2-c2ccc(-c3[c-]ccc(-n4c5ccccc5c5cc6c(cc54)C(C)(C)c4ccccc4-6)c3)nc2)c(C)c(-c2ccccc2-c2ccc(-c3[c-]ccc(-n4c5ccccc5c5cc6c(cc54)C(C)(C)c4ccccc4-6)c3)nc2)c(C)c1-c1ccccc1-c1ccc(-c2[c-]ccc(-n3c4ccccc4c4cc5c(cc43)C(C)(C)c3ccccc3-5)c2)nc1.[Ir+3]. The third-order valence-electron chi connectivity index (χ3n) is 29.1. The summed E-state index contributed by atoms with van der Waals surface area (Å²) in [6, 6.07) is 138. The largest absolute Gasteiger partial charge is 3.00 e. The molecule has 0 saturated carbocycles. The van der Waals surface area contributed by atoms with Crippen molar-refractivity contribution in [1.29, 1.82) is 0 Å². The first-order valence-corrected chi connectivity index (χ1v) is 44.9. The van der Waals surface area contributed by atoms with E-state index in [4.69, 9.17) is 15.0 Å². The van der Waals surface area contributed by atoms with E-state index < -0.39 is 0 Å². The predicted molar refractivity (Wildman–Crippen MR) is 535 cm³/mol. The van der Waals surface area contributed by atoms with Gasteiger partial charge in [0.15, 0.2) is 0 Å². The molecule has 0 spiro atoms. The Labute approximate surface area is 770 Å². The summed E-state index contributed by atoms with van der Waals surface area (Å²) in [6.07, 6.45) is 6.18. The maximum absolute atomic E-state index is 5.38. The van der Waals surface area contributed by atoms with Crippen LogP contribution in [-0.2, 0) is 36.4 Å². The van der Waals surface area contributed by atoms with Crippen LogP contribution in [0.15, 0.2) is 364 Å². The Kier molecular flexibility index (Phi) is 17.8. The number of hydrogen-bond donors (Lipinski definition) is 0. The van der Waals surface area contributed by atoms with Gasteiger partial charge in [-0.15, -0.1) is 89.5 Å². The van der Waals surface area contributed by atoms with Crippen molar-refractivity contribution in [2.24, 2.45) is 0 Å². The van der Waals surface area contributed by atoms with Gasteiger partial charge in [0.25, 0.3) is 0 Å². The molecule has 0 bridgehead atoms. The first kappa shape index (κ1) is 78.5. The molecule has 0 atom stereocenters. The van der Waals surface area contributed by atoms with Gasteiger partial charge in [0, 0.05) is 67.2 Å². The molecule has 130 heavy (non-hydrogen) atoms. The van der Waals surface area contributed by atoms with Crippen molar-refractivity contribution < 1.29 is 20.1 Å². The van der Waals surface area contributed by atoms with Crippen molar-refractivity contribution >= 4 is 65.4 Å². The number of benzene rings is 16. The van der Waals surface area contributed by atoms with E-state index in [0.717, 1.165) is 134 Å². The quantitative estimate of drug-likeness (QED) is 0.115. The zero-order valence-electron chi connectivity index (χ0n) is 73.7. The van der Waals surface area contributed by atoms with E-state index in [1.54, 1.807) is 0 Å². The fourth-order valence-electron chi connectivity index (χ4n) is 23.0. The molecule has 0 fully saturated rings. The van der Waals surface area contributed by atoms with Gasteiger partial charge in [0.1, 0.15) is 0 Å². The van der Waals surface area contributed by atoms with Gasteiger partial charge in [0.05, 0.1) is 33.1 Å². The first-order chi connectivity index (χ1) is 63.0. The van der Waals surface area contributed by atoms with Gasteiger partial charge in [-0.05, 0) is 260 Å². The normalized spacial score (nSPS) is 13.5. The van der Waals surface area contributed by atoms with Crippen molar-refractivity contribution in [3.05, 3.63) is 433 Å². The van der Waals surface area contributed by atoms with Crippen LogP contribution in [0.2, 0.25) is 0 Å². The van der Waals surface area contributed by atoms with Crippen molar-refractivity contribution in [3.63, 3.8) is 0 Å². The number of aromatic nitrogens is 6. The minimum absolute atomic E-state index is 0. The average molecular weight is 1840 g/mol. The summed E-state index contributed by atoms with van der Waals surface area (Å²) >= 11 is 0. The van der Waals surface area contributed by atoms with Crippen LogP contribution in [0.4, 0.5) is 0 Å². The molecular formula is C123H87IrN6. The molecule has 3 aliphatic rings. The fraction of sp³-hybridized carbons (Fsp3) is 0.0976. The zero-order chi connectivity index (χ0) is 86.6. The minimum atomic E-state index is -0.151. The third kappa shape index (κ3) is 11.7. The van der Waals surface area contributed by atoms with Gasteiger partial charge in [-0.25, -0.2) is 0 Å². The van der Waals surface area contributed by atoms with Crippen molar-refractivity contribution in [1.82, 2.24) is 28.7 Å². The Bertz CT molecular complexity index is 7730. The molecule has 7 heteroatoms. The summed E-state index contributed by atoms with van der Waals surface area (Å²) in [5, 5.41) is 7.41. The molecular weight excluding hydrogens is 1750 g/mol. The summed E-state index contributed by atoms with van der Waals surface area (Å²) in [6.45, 7) is 21.2. The van der Waals surface area contributed by atoms with Crippen LogP contribution < -0.4 is 0 Å². The summed E-state index contributed by atoms with van der Waals surface area (Å²) in [5.74, 6) is 0. The van der Waals surface area contributed by atoms with E-state index in [2.05, 4.69) is 459 Å². The molecule has 0 amide bonds. The second kappa shape index (κ2) is 29.5. The molecule has 6 heterocycles. The smallest absolute Gasteiger partial charge is 0.327 e. The second-order valence-corrected chi connectivity index (χ2v) is 37.1. The minimum Gasteiger partial charge on any atom is -0.327 e. The van der Waals surface area contributed by atoms with E-state index >= 15 is 0 Å². The second-order valence-electron chi connectivity index (χ2n) is 37.1. The van der Waals surface area contributed by atoms with Crippen LogP contribution in [0.25, 0.3) is 216 Å². The number of rotatable bonds is 12. The summed E-state index contributed by atoms with van der Waals surface area (Å²) < 4.78 is 7.30. The molecule has 3 aliphatic carbocycles. The van der Waals surface area contributed by atoms with Crippen LogP contribution in [0.1, 0.15) is 91.6 Å². The summed E-state index contributed by atoms with van der Waals surface area (Å²) in [7, 11) is 0. The first-order valence-electron chi connectivity index (χ1n) is 44.9.